The van der Waals surface area contributed by atoms with Crippen molar-refractivity contribution in [2.24, 2.45) is 0 Å². The highest BCUT2D eigenvalue weighted by Gasteiger charge is 2.21. The van der Waals surface area contributed by atoms with Crippen molar-refractivity contribution >= 4 is 44.4 Å². The van der Waals surface area contributed by atoms with E-state index in [1.165, 1.54) is 0 Å². The van der Waals surface area contributed by atoms with Gasteiger partial charge in [0.25, 0.3) is 5.91 Å². The van der Waals surface area contributed by atoms with Crippen LogP contribution in [0.15, 0.2) is 95.5 Å². The largest absolute Gasteiger partial charge is 0.489 e. The maximum absolute atomic E-state index is 13.4. The number of pyridine rings is 1. The first-order valence-corrected chi connectivity index (χ1v) is 14.0. The number of hydrogen-bond donors (Lipinski definition) is 1. The first-order valence-electron chi connectivity index (χ1n) is 13.2. The first-order chi connectivity index (χ1) is 19.8. The molecule has 5 rings (SSSR count). The number of rotatable bonds is 8. The van der Waals surface area contributed by atoms with Crippen LogP contribution >= 0.6 is 15.9 Å². The van der Waals surface area contributed by atoms with Gasteiger partial charge in [0, 0.05) is 21.1 Å². The summed E-state index contributed by atoms with van der Waals surface area (Å²) >= 11 is 3.50. The van der Waals surface area contributed by atoms with E-state index in [0.717, 1.165) is 32.5 Å². The Hall–Kier alpha value is -4.49. The standard InChI is InChI=1S/C34H29BrN2O4/c1-21-18-30(22(2)17-28(21)35)36-31(38)20-41-34(39)32-23(3)33(37-29-12-8-7-11-27(29)32)25-13-15-26(16-14-25)40-19-24-9-5-4-6-10-24/h4-18H,19-20H2,1-3H3,(H,36,38). The number of anilines is 1. The molecular formula is C34H29BrN2O4. The average Bonchev–Trinajstić information content (AvgIpc) is 2.98. The molecule has 0 aliphatic rings. The van der Waals surface area contributed by atoms with Gasteiger partial charge in [0.15, 0.2) is 6.61 Å². The lowest BCUT2D eigenvalue weighted by Gasteiger charge is -2.15. The summed E-state index contributed by atoms with van der Waals surface area (Å²) < 4.78 is 12.4. The van der Waals surface area contributed by atoms with Crippen LogP contribution in [-0.4, -0.2) is 23.5 Å². The van der Waals surface area contributed by atoms with Crippen molar-refractivity contribution in [2.75, 3.05) is 11.9 Å². The molecule has 0 saturated heterocycles. The Bertz CT molecular complexity index is 1730. The zero-order valence-electron chi connectivity index (χ0n) is 23.0. The SMILES string of the molecule is Cc1cc(NC(=O)COC(=O)c2c(C)c(-c3ccc(OCc4ccccc4)cc3)nc3ccccc23)c(C)cc1Br. The van der Waals surface area contributed by atoms with E-state index in [0.29, 0.717) is 40.0 Å². The van der Waals surface area contributed by atoms with Crippen LogP contribution in [0.1, 0.15) is 32.6 Å². The van der Waals surface area contributed by atoms with E-state index in [4.69, 9.17) is 14.5 Å². The number of halogens is 1. The van der Waals surface area contributed by atoms with Gasteiger partial charge in [0.2, 0.25) is 0 Å². The molecule has 5 aromatic rings. The van der Waals surface area contributed by atoms with E-state index in [1.54, 1.807) is 0 Å². The quantitative estimate of drug-likeness (QED) is 0.181. The number of benzene rings is 4. The fourth-order valence-electron chi connectivity index (χ4n) is 4.61. The number of aryl methyl sites for hydroxylation is 2. The molecule has 0 atom stereocenters. The molecule has 0 aliphatic carbocycles. The second-order valence-electron chi connectivity index (χ2n) is 9.82. The lowest BCUT2D eigenvalue weighted by atomic mass is 9.97. The molecule has 0 saturated carbocycles. The summed E-state index contributed by atoms with van der Waals surface area (Å²) in [5, 5.41) is 3.51. The third-order valence-electron chi connectivity index (χ3n) is 6.83. The average molecular weight is 610 g/mol. The van der Waals surface area contributed by atoms with Crippen molar-refractivity contribution in [3.63, 3.8) is 0 Å². The van der Waals surface area contributed by atoms with Crippen molar-refractivity contribution < 1.29 is 19.1 Å². The zero-order chi connectivity index (χ0) is 28.9. The van der Waals surface area contributed by atoms with Gasteiger partial charge in [-0.15, -0.1) is 0 Å². The number of ether oxygens (including phenoxy) is 2. The molecule has 6 nitrogen and oxygen atoms in total. The van der Waals surface area contributed by atoms with Crippen LogP contribution in [0.4, 0.5) is 5.69 Å². The van der Waals surface area contributed by atoms with Crippen LogP contribution in [0.25, 0.3) is 22.2 Å². The minimum Gasteiger partial charge on any atom is -0.489 e. The van der Waals surface area contributed by atoms with E-state index in [-0.39, 0.29) is 0 Å². The fraction of sp³-hybridized carbons (Fsp3) is 0.147. The summed E-state index contributed by atoms with van der Waals surface area (Å²) in [5.41, 5.74) is 6.88. The van der Waals surface area contributed by atoms with Gasteiger partial charge in [-0.25, -0.2) is 9.78 Å². The van der Waals surface area contributed by atoms with E-state index < -0.39 is 18.5 Å². The number of carbonyl (C=O) groups is 2. The molecule has 206 valence electrons. The van der Waals surface area contributed by atoms with E-state index in [2.05, 4.69) is 21.2 Å². The monoisotopic (exact) mass is 608 g/mol. The molecule has 0 bridgehead atoms. The Kier molecular flexibility index (Phi) is 8.45. The summed E-state index contributed by atoms with van der Waals surface area (Å²) in [6.07, 6.45) is 0. The normalized spacial score (nSPS) is 10.8. The van der Waals surface area contributed by atoms with E-state index in [1.807, 2.05) is 112 Å². The lowest BCUT2D eigenvalue weighted by Crippen LogP contribution is -2.22. The van der Waals surface area contributed by atoms with Gasteiger partial charge >= 0.3 is 5.97 Å². The number of aromatic nitrogens is 1. The van der Waals surface area contributed by atoms with Gasteiger partial charge in [0.1, 0.15) is 12.4 Å². The highest BCUT2D eigenvalue weighted by atomic mass is 79.9. The molecule has 7 heteroatoms. The van der Waals surface area contributed by atoms with Crippen LogP contribution in [0.5, 0.6) is 5.75 Å². The molecule has 1 aromatic heterocycles. The molecular weight excluding hydrogens is 580 g/mol. The Labute approximate surface area is 247 Å². The summed E-state index contributed by atoms with van der Waals surface area (Å²) in [7, 11) is 0. The van der Waals surface area contributed by atoms with Crippen LogP contribution in [0, 0.1) is 20.8 Å². The van der Waals surface area contributed by atoms with Gasteiger partial charge in [-0.2, -0.15) is 0 Å². The number of nitrogens with zero attached hydrogens (tertiary/aromatic N) is 1. The van der Waals surface area contributed by atoms with E-state index >= 15 is 0 Å². The molecule has 1 heterocycles. The number of amides is 1. The van der Waals surface area contributed by atoms with E-state index in [9.17, 15) is 9.59 Å². The molecule has 0 spiro atoms. The minimum absolute atomic E-state index is 0.387. The fourth-order valence-corrected chi connectivity index (χ4v) is 5.06. The molecule has 0 aliphatic heterocycles. The smallest absolute Gasteiger partial charge is 0.339 e. The van der Waals surface area contributed by atoms with Crippen molar-refractivity contribution in [1.29, 1.82) is 0 Å². The number of esters is 1. The molecule has 41 heavy (non-hydrogen) atoms. The third-order valence-corrected chi connectivity index (χ3v) is 7.68. The summed E-state index contributed by atoms with van der Waals surface area (Å²) in [4.78, 5) is 30.9. The minimum atomic E-state index is -0.580. The van der Waals surface area contributed by atoms with Crippen LogP contribution in [0.2, 0.25) is 0 Å². The van der Waals surface area contributed by atoms with Gasteiger partial charge in [-0.05, 0) is 85.5 Å². The molecule has 1 N–H and O–H groups in total. The number of nitrogens with one attached hydrogen (secondary N) is 1. The second-order valence-corrected chi connectivity index (χ2v) is 10.7. The lowest BCUT2D eigenvalue weighted by molar-refractivity contribution is -0.119. The maximum Gasteiger partial charge on any atom is 0.339 e. The highest BCUT2D eigenvalue weighted by Crippen LogP contribution is 2.31. The first kappa shape index (κ1) is 28.1. The predicted molar refractivity (Wildman–Crippen MR) is 165 cm³/mol. The van der Waals surface area contributed by atoms with Gasteiger partial charge in [-0.1, -0.05) is 64.5 Å². The number of hydrogen-bond acceptors (Lipinski definition) is 5. The van der Waals surface area contributed by atoms with Crippen LogP contribution < -0.4 is 10.1 Å². The molecule has 1 amide bonds. The van der Waals surface area contributed by atoms with Gasteiger partial charge < -0.3 is 14.8 Å². The van der Waals surface area contributed by atoms with Gasteiger partial charge in [0.05, 0.1) is 16.8 Å². The number of carbonyl (C=O) groups excluding carboxylic acids is 2. The molecule has 0 fully saturated rings. The zero-order valence-corrected chi connectivity index (χ0v) is 24.6. The van der Waals surface area contributed by atoms with Gasteiger partial charge in [-0.3, -0.25) is 4.79 Å². The van der Waals surface area contributed by atoms with Crippen molar-refractivity contribution in [2.45, 2.75) is 27.4 Å². The summed E-state index contributed by atoms with van der Waals surface area (Å²) in [5.74, 6) is -0.257. The number of para-hydroxylation sites is 1. The molecule has 4 aromatic carbocycles. The molecule has 0 unspecified atom stereocenters. The molecule has 0 radical (unpaired) electrons. The third kappa shape index (κ3) is 6.47. The van der Waals surface area contributed by atoms with Crippen LogP contribution in [-0.2, 0) is 16.1 Å². The second kappa shape index (κ2) is 12.4. The topological polar surface area (TPSA) is 77.5 Å². The van der Waals surface area contributed by atoms with Crippen molar-refractivity contribution in [3.8, 4) is 17.0 Å². The number of fused-ring (bicyclic) bond motifs is 1. The van der Waals surface area contributed by atoms with Crippen molar-refractivity contribution in [1.82, 2.24) is 4.98 Å². The Balaban J connectivity index is 1.35. The summed E-state index contributed by atoms with van der Waals surface area (Å²) in [6, 6.07) is 28.8. The van der Waals surface area contributed by atoms with Crippen molar-refractivity contribution in [3.05, 3.63) is 123 Å². The highest BCUT2D eigenvalue weighted by molar-refractivity contribution is 9.10. The Morgan fingerprint density at radius 1 is 0.854 bits per heavy atom. The predicted octanol–water partition coefficient (Wildman–Crippen LogP) is 7.96. The Morgan fingerprint density at radius 3 is 2.32 bits per heavy atom. The Morgan fingerprint density at radius 2 is 1.56 bits per heavy atom. The maximum atomic E-state index is 13.4. The van der Waals surface area contributed by atoms with Crippen LogP contribution in [0.3, 0.4) is 0 Å². The summed E-state index contributed by atoms with van der Waals surface area (Å²) in [6.45, 7) is 5.75.